The summed E-state index contributed by atoms with van der Waals surface area (Å²) in [5, 5.41) is 46.4. The third-order valence-corrected chi connectivity index (χ3v) is 11.0. The number of nitrogens with zero attached hydrogens (tertiary/aromatic N) is 6. The largest absolute Gasteiger partial charge is 0.469 e. The van der Waals surface area contributed by atoms with E-state index in [1.54, 1.807) is 18.2 Å². The van der Waals surface area contributed by atoms with Crippen molar-refractivity contribution in [3.63, 3.8) is 0 Å². The van der Waals surface area contributed by atoms with E-state index in [0.717, 1.165) is 19.3 Å². The van der Waals surface area contributed by atoms with E-state index in [0.29, 0.717) is 23.2 Å². The topological polar surface area (TPSA) is 252 Å². The van der Waals surface area contributed by atoms with Gasteiger partial charge in [0, 0.05) is 19.2 Å². The minimum atomic E-state index is -4.95. The Morgan fingerprint density at radius 2 is 1.53 bits per heavy atom. The van der Waals surface area contributed by atoms with Gasteiger partial charge in [-0.2, -0.15) is 15.6 Å². The number of fused-ring (bicyclic) bond motifs is 1. The Morgan fingerprint density at radius 1 is 0.895 bits per heavy atom. The summed E-state index contributed by atoms with van der Waals surface area (Å²) in [5.41, 5.74) is 5.20. The highest BCUT2D eigenvalue weighted by Crippen LogP contribution is 2.42. The summed E-state index contributed by atoms with van der Waals surface area (Å²) in [4.78, 5) is 27.4. The smallest absolute Gasteiger partial charge is 0.388 e. The lowest BCUT2D eigenvalue weighted by Gasteiger charge is -2.30. The molecule has 3 aromatic rings. The van der Waals surface area contributed by atoms with Gasteiger partial charge in [0.1, 0.15) is 42.3 Å². The summed E-state index contributed by atoms with van der Waals surface area (Å²) in [6.07, 6.45) is 15.2. The van der Waals surface area contributed by atoms with Gasteiger partial charge in [0.15, 0.2) is 5.82 Å². The van der Waals surface area contributed by atoms with Gasteiger partial charge in [0.25, 0.3) is 0 Å². The van der Waals surface area contributed by atoms with E-state index < -0.39 is 50.6 Å². The Morgan fingerprint density at radius 3 is 2.09 bits per heavy atom. The van der Waals surface area contributed by atoms with E-state index >= 15 is 0 Å². The van der Waals surface area contributed by atoms with Crippen LogP contribution in [-0.4, -0.2) is 83.3 Å². The Hall–Kier alpha value is -3.54. The predicted octanol–water partition coefficient (Wildman–Crippen LogP) is 6.15. The van der Waals surface area contributed by atoms with Crippen molar-refractivity contribution in [2.45, 2.75) is 159 Å². The quantitative estimate of drug-likeness (QED) is 0.0407. The van der Waals surface area contributed by atoms with Crippen LogP contribution in [0.15, 0.2) is 36.8 Å². The van der Waals surface area contributed by atoms with Crippen LogP contribution >= 0.6 is 7.82 Å². The molecule has 1 unspecified atom stereocenters. The number of ether oxygens (including phenoxy) is 3. The third kappa shape index (κ3) is 14.1. The molecule has 4 heterocycles. The van der Waals surface area contributed by atoms with Crippen LogP contribution in [0, 0.1) is 22.7 Å². The van der Waals surface area contributed by atoms with E-state index in [-0.39, 0.29) is 31.1 Å². The second-order valence-electron chi connectivity index (χ2n) is 14.8. The molecule has 6 N–H and O–H groups in total. The molecule has 1 aliphatic heterocycles. The van der Waals surface area contributed by atoms with Gasteiger partial charge in [0.2, 0.25) is 5.60 Å². The number of phosphoric ester groups is 1. The van der Waals surface area contributed by atoms with Gasteiger partial charge in [-0.15, -0.1) is 0 Å². The van der Waals surface area contributed by atoms with Gasteiger partial charge < -0.3 is 39.9 Å². The minimum Gasteiger partial charge on any atom is -0.388 e. The first-order valence-electron chi connectivity index (χ1n) is 20.3. The highest BCUT2D eigenvalue weighted by molar-refractivity contribution is 7.46. The maximum Gasteiger partial charge on any atom is 0.469 e. The fourth-order valence-electron chi connectivity index (χ4n) is 7.25. The van der Waals surface area contributed by atoms with Gasteiger partial charge in [-0.1, -0.05) is 103 Å². The average Bonchev–Trinajstić information content (AvgIpc) is 3.75. The highest BCUT2D eigenvalue weighted by Gasteiger charge is 2.58. The maximum atomic E-state index is 11.8. The number of nitrogens with two attached hydrogens (primary N) is 1. The van der Waals surface area contributed by atoms with E-state index in [9.17, 15) is 29.8 Å². The first kappa shape index (κ1) is 46.2. The first-order valence-corrected chi connectivity index (χ1v) is 21.9. The molecule has 0 aliphatic carbocycles. The van der Waals surface area contributed by atoms with Crippen LogP contribution in [0.4, 0.5) is 5.82 Å². The lowest BCUT2D eigenvalue weighted by Crippen LogP contribution is -2.42. The molecule has 0 spiro atoms. The van der Waals surface area contributed by atoms with E-state index in [2.05, 4.69) is 22.0 Å². The van der Waals surface area contributed by atoms with Crippen LogP contribution in [-0.2, 0) is 35.5 Å². The van der Waals surface area contributed by atoms with E-state index in [1.165, 1.54) is 100 Å². The summed E-state index contributed by atoms with van der Waals surface area (Å²) in [6.45, 7) is 1.77. The molecule has 0 aromatic carbocycles. The van der Waals surface area contributed by atoms with Crippen molar-refractivity contribution >= 4 is 19.2 Å². The van der Waals surface area contributed by atoms with Gasteiger partial charge in [-0.25, -0.2) is 14.1 Å². The van der Waals surface area contributed by atoms with Crippen LogP contribution in [0.2, 0.25) is 0 Å². The molecule has 4 rings (SSSR count). The van der Waals surface area contributed by atoms with Crippen molar-refractivity contribution in [2.24, 2.45) is 0 Å². The number of unbranched alkanes of at least 4 members (excludes halogenated alkanes) is 15. The second kappa shape index (κ2) is 23.8. The molecule has 0 saturated carbocycles. The molecule has 1 aliphatic rings. The molecule has 0 bridgehead atoms. The summed E-state index contributed by atoms with van der Waals surface area (Å²) in [5.74, 6) is 0.137. The number of phosphoric acid groups is 1. The van der Waals surface area contributed by atoms with Crippen molar-refractivity contribution in [3.8, 4) is 12.1 Å². The standard InChI is InChI=1S/C40H60N7O9P/c1-2-3-4-5-6-7-8-9-10-11-12-13-14-15-16-17-22-53-33(35(27-55-57(50,51)52)54-26-31-19-18-30(24-41)25-44-31)23-34-37(48)38(49)40(28-42,56-34)36-21-20-32-39(43)45-29-46-47(32)36/h18-21,25,29,33-35,37-38,48-49H,2-17,22-23,26-27H2,1H3,(H2,43,45,46)(H2,50,51,52)/t33?,34-,35-,37-,38-,40+/m1/s1. The van der Waals surface area contributed by atoms with Crippen molar-refractivity contribution in [1.82, 2.24) is 19.6 Å². The Bertz CT molecular complexity index is 1760. The number of aliphatic hydroxyl groups is 2. The zero-order valence-corrected chi connectivity index (χ0v) is 33.9. The zero-order chi connectivity index (χ0) is 41.1. The SMILES string of the molecule is CCCCCCCCCCCCCCCCCCOC(C[C@H]1O[C@@](C#N)(c2ccc3c(N)ncnn23)[C@H](O)[C@@H]1O)[C@@H](COP(=O)(O)O)OCc1ccc(C#N)cn1. The van der Waals surface area contributed by atoms with Crippen LogP contribution in [0.1, 0.15) is 133 Å². The number of nitrogen functional groups attached to an aromatic ring is 1. The van der Waals surface area contributed by atoms with Gasteiger partial charge in [-0.05, 0) is 30.7 Å². The molecule has 3 aromatic heterocycles. The number of aromatic nitrogens is 4. The predicted molar refractivity (Wildman–Crippen MR) is 211 cm³/mol. The van der Waals surface area contributed by atoms with Gasteiger partial charge in [-0.3, -0.25) is 9.51 Å². The Labute approximate surface area is 335 Å². The van der Waals surface area contributed by atoms with Crippen molar-refractivity contribution in [1.29, 1.82) is 10.5 Å². The van der Waals surface area contributed by atoms with Gasteiger partial charge >= 0.3 is 7.82 Å². The summed E-state index contributed by atoms with van der Waals surface area (Å²) < 4.78 is 36.7. The minimum absolute atomic E-state index is 0.123. The molecule has 314 valence electrons. The molecule has 57 heavy (non-hydrogen) atoms. The fourth-order valence-corrected chi connectivity index (χ4v) is 7.59. The summed E-state index contributed by atoms with van der Waals surface area (Å²) in [7, 11) is -4.95. The molecule has 0 amide bonds. The van der Waals surface area contributed by atoms with Crippen molar-refractivity contribution in [3.05, 3.63) is 53.7 Å². The number of pyridine rings is 1. The van der Waals surface area contributed by atoms with Crippen LogP contribution in [0.25, 0.3) is 5.52 Å². The summed E-state index contributed by atoms with van der Waals surface area (Å²) >= 11 is 0. The van der Waals surface area contributed by atoms with Crippen molar-refractivity contribution < 1.29 is 43.3 Å². The number of hydrogen-bond donors (Lipinski definition) is 5. The molecular weight excluding hydrogens is 753 g/mol. The lowest BCUT2D eigenvalue weighted by molar-refractivity contribution is -0.126. The van der Waals surface area contributed by atoms with Crippen LogP contribution in [0.3, 0.4) is 0 Å². The molecule has 0 radical (unpaired) electrons. The van der Waals surface area contributed by atoms with E-state index in [4.69, 9.17) is 29.7 Å². The molecule has 16 nitrogen and oxygen atoms in total. The van der Waals surface area contributed by atoms with Crippen LogP contribution < -0.4 is 5.73 Å². The first-order chi connectivity index (χ1) is 27.5. The second-order valence-corrected chi connectivity index (χ2v) is 16.1. The normalized spacial score (nSPS) is 20.7. The number of aliphatic hydroxyl groups excluding tert-OH is 2. The average molecular weight is 814 g/mol. The van der Waals surface area contributed by atoms with Crippen molar-refractivity contribution in [2.75, 3.05) is 18.9 Å². The molecule has 17 heteroatoms. The molecule has 6 atom stereocenters. The lowest BCUT2D eigenvalue weighted by atomic mass is 9.91. The monoisotopic (exact) mass is 813 g/mol. The number of nitriles is 2. The number of anilines is 1. The third-order valence-electron chi connectivity index (χ3n) is 10.5. The maximum absolute atomic E-state index is 11.8. The van der Waals surface area contributed by atoms with E-state index in [1.807, 2.05) is 12.1 Å². The number of hydrogen-bond acceptors (Lipinski definition) is 13. The number of rotatable bonds is 28. The Kier molecular flexibility index (Phi) is 19.2. The summed E-state index contributed by atoms with van der Waals surface area (Å²) in [6, 6.07) is 10.3. The van der Waals surface area contributed by atoms with Crippen LogP contribution in [0.5, 0.6) is 0 Å². The Balaban J connectivity index is 1.37. The molecular formula is C40H60N7O9P. The highest BCUT2D eigenvalue weighted by atomic mass is 31.2. The van der Waals surface area contributed by atoms with Gasteiger partial charge in [0.05, 0.1) is 42.4 Å². The zero-order valence-electron chi connectivity index (χ0n) is 33.0. The molecule has 1 saturated heterocycles. The molecule has 1 fully saturated rings. The fraction of sp³-hybridized carbons (Fsp3) is 0.675.